The first kappa shape index (κ1) is 21.7. The van der Waals surface area contributed by atoms with Gasteiger partial charge in [-0.2, -0.15) is 0 Å². The van der Waals surface area contributed by atoms with Crippen molar-refractivity contribution in [2.24, 2.45) is 0 Å². The molecule has 30 heavy (non-hydrogen) atoms. The highest BCUT2D eigenvalue weighted by Gasteiger charge is 2.38. The zero-order chi connectivity index (χ0) is 22.1. The molecule has 0 saturated heterocycles. The minimum Gasteiger partial charge on any atom is -0.493 e. The zero-order valence-electron chi connectivity index (χ0n) is 17.7. The number of benzene rings is 2. The van der Waals surface area contributed by atoms with Crippen LogP contribution in [0.1, 0.15) is 30.9 Å². The average molecular weight is 431 g/mol. The summed E-state index contributed by atoms with van der Waals surface area (Å²) in [6, 6.07) is 13.0. The summed E-state index contributed by atoms with van der Waals surface area (Å²) in [5, 5.41) is 2.78. The lowest BCUT2D eigenvalue weighted by Gasteiger charge is -2.30. The summed E-state index contributed by atoms with van der Waals surface area (Å²) in [5.41, 5.74) is 2.47. The Morgan fingerprint density at radius 1 is 1.10 bits per heavy atom. The van der Waals surface area contributed by atoms with Crippen molar-refractivity contribution in [1.29, 1.82) is 0 Å². The van der Waals surface area contributed by atoms with Gasteiger partial charge in [-0.3, -0.25) is 9.10 Å². The second kappa shape index (κ2) is 8.39. The van der Waals surface area contributed by atoms with Crippen LogP contribution in [-0.4, -0.2) is 42.1 Å². The number of nitrogens with zero attached hydrogens (tertiary/aromatic N) is 1. The van der Waals surface area contributed by atoms with E-state index < -0.39 is 15.9 Å². The fourth-order valence-electron chi connectivity index (χ4n) is 3.52. The van der Waals surface area contributed by atoms with E-state index in [1.807, 2.05) is 37.3 Å². The topological polar surface area (TPSA) is 84.9 Å². The lowest BCUT2D eigenvalue weighted by molar-refractivity contribution is -0.116. The van der Waals surface area contributed by atoms with E-state index in [4.69, 9.17) is 9.47 Å². The molecule has 1 amide bonds. The smallest absolute Gasteiger partial charge is 0.269 e. The van der Waals surface area contributed by atoms with Gasteiger partial charge in [0.25, 0.3) is 15.9 Å². The van der Waals surface area contributed by atoms with Crippen molar-refractivity contribution in [1.82, 2.24) is 5.32 Å². The summed E-state index contributed by atoms with van der Waals surface area (Å²) >= 11 is 0. The third kappa shape index (κ3) is 3.75. The highest BCUT2D eigenvalue weighted by atomic mass is 32.2. The number of amides is 1. The molecule has 1 aliphatic heterocycles. The maximum atomic E-state index is 13.1. The minimum atomic E-state index is -4.02. The molecule has 2 aromatic rings. The van der Waals surface area contributed by atoms with Gasteiger partial charge in [0, 0.05) is 25.2 Å². The summed E-state index contributed by atoms with van der Waals surface area (Å²) in [6.45, 7) is 3.92. The molecule has 2 aromatic carbocycles. The fraction of sp³-hybridized carbons (Fsp3) is 0.318. The van der Waals surface area contributed by atoms with Crippen LogP contribution in [0.3, 0.4) is 0 Å². The number of allylic oxidation sites excluding steroid dienone is 1. The molecule has 0 unspecified atom stereocenters. The van der Waals surface area contributed by atoms with Gasteiger partial charge in [0.2, 0.25) is 0 Å². The maximum Gasteiger partial charge on any atom is 0.269 e. The van der Waals surface area contributed by atoms with Crippen LogP contribution in [0.15, 0.2) is 47.4 Å². The molecule has 160 valence electrons. The second-order valence-electron chi connectivity index (χ2n) is 7.17. The number of hydrogen-bond donors (Lipinski definition) is 1. The molecule has 0 saturated carbocycles. The molecule has 0 aromatic heterocycles. The third-order valence-electron chi connectivity index (χ3n) is 5.35. The number of methoxy groups -OCH3 is 2. The van der Waals surface area contributed by atoms with Crippen LogP contribution in [0.2, 0.25) is 0 Å². The van der Waals surface area contributed by atoms with Crippen LogP contribution < -0.4 is 19.1 Å². The number of carbonyl (C=O) groups excluding carboxylic acids is 1. The molecule has 0 aliphatic carbocycles. The van der Waals surface area contributed by atoms with Crippen molar-refractivity contribution in [2.75, 3.05) is 32.1 Å². The first-order valence-electron chi connectivity index (χ1n) is 9.51. The number of nitrogens with one attached hydrogen (secondary N) is 1. The Balaban J connectivity index is 1.97. The summed E-state index contributed by atoms with van der Waals surface area (Å²) in [5.74, 6) is 0.288. The molecule has 1 N–H and O–H groups in total. The first-order valence-corrected chi connectivity index (χ1v) is 11.0. The van der Waals surface area contributed by atoms with Gasteiger partial charge >= 0.3 is 0 Å². The highest BCUT2D eigenvalue weighted by Crippen LogP contribution is 2.44. The van der Waals surface area contributed by atoms with Gasteiger partial charge in [-0.1, -0.05) is 37.3 Å². The summed E-state index contributed by atoms with van der Waals surface area (Å²) in [7, 11) is 0.395. The number of fused-ring (bicyclic) bond motifs is 1. The summed E-state index contributed by atoms with van der Waals surface area (Å²) < 4.78 is 38.0. The molecule has 3 rings (SSSR count). The Morgan fingerprint density at radius 3 is 2.30 bits per heavy atom. The van der Waals surface area contributed by atoms with Gasteiger partial charge in [-0.25, -0.2) is 8.42 Å². The van der Waals surface area contributed by atoms with E-state index in [9.17, 15) is 13.2 Å². The van der Waals surface area contributed by atoms with Crippen LogP contribution >= 0.6 is 0 Å². The first-order chi connectivity index (χ1) is 14.2. The van der Waals surface area contributed by atoms with E-state index in [2.05, 4.69) is 5.32 Å². The van der Waals surface area contributed by atoms with E-state index in [0.29, 0.717) is 34.9 Å². The van der Waals surface area contributed by atoms with Gasteiger partial charge in [0.05, 0.1) is 19.9 Å². The quantitative estimate of drug-likeness (QED) is 0.761. The standard InChI is InChI=1S/C22H26N2O5S/c1-14(16-9-7-6-8-10-16)13-23-22(25)21-15(2)17-11-19(28-4)20(29-5)12-18(17)24(3)30(21,26)27/h6-12,14H,13H2,1-5H3,(H,23,25)/t14-/m0/s1. The Kier molecular flexibility index (Phi) is 6.07. The van der Waals surface area contributed by atoms with Crippen LogP contribution in [0, 0.1) is 0 Å². The number of rotatable bonds is 6. The maximum absolute atomic E-state index is 13.1. The van der Waals surface area contributed by atoms with Crippen LogP contribution in [0.25, 0.3) is 5.57 Å². The van der Waals surface area contributed by atoms with Crippen LogP contribution in [-0.2, 0) is 14.8 Å². The highest BCUT2D eigenvalue weighted by molar-refractivity contribution is 7.97. The molecule has 0 spiro atoms. The molecule has 1 heterocycles. The van der Waals surface area contributed by atoms with Crippen molar-refractivity contribution in [2.45, 2.75) is 19.8 Å². The van der Waals surface area contributed by atoms with Gasteiger partial charge in [-0.15, -0.1) is 0 Å². The van der Waals surface area contributed by atoms with Crippen molar-refractivity contribution >= 4 is 27.2 Å². The average Bonchev–Trinajstić information content (AvgIpc) is 2.75. The zero-order valence-corrected chi connectivity index (χ0v) is 18.5. The molecule has 0 fully saturated rings. The Morgan fingerprint density at radius 2 is 1.70 bits per heavy atom. The molecular formula is C22H26N2O5S. The normalized spacial score (nSPS) is 16.0. The summed E-state index contributed by atoms with van der Waals surface area (Å²) in [4.78, 5) is 12.7. The predicted molar refractivity (Wildman–Crippen MR) is 117 cm³/mol. The summed E-state index contributed by atoms with van der Waals surface area (Å²) in [6.07, 6.45) is 0. The van der Waals surface area contributed by atoms with E-state index in [-0.39, 0.29) is 10.8 Å². The van der Waals surface area contributed by atoms with Gasteiger partial charge in [0.15, 0.2) is 16.4 Å². The number of anilines is 1. The van der Waals surface area contributed by atoms with Crippen LogP contribution in [0.5, 0.6) is 11.5 Å². The lowest BCUT2D eigenvalue weighted by atomic mass is 10.0. The van der Waals surface area contributed by atoms with E-state index in [0.717, 1.165) is 9.87 Å². The largest absolute Gasteiger partial charge is 0.493 e. The van der Waals surface area contributed by atoms with E-state index in [1.165, 1.54) is 21.3 Å². The predicted octanol–water partition coefficient (Wildman–Crippen LogP) is 3.13. The van der Waals surface area contributed by atoms with Crippen molar-refractivity contribution < 1.29 is 22.7 Å². The molecular weight excluding hydrogens is 404 g/mol. The van der Waals surface area contributed by atoms with E-state index >= 15 is 0 Å². The van der Waals surface area contributed by atoms with E-state index in [1.54, 1.807) is 19.1 Å². The van der Waals surface area contributed by atoms with Gasteiger partial charge in [0.1, 0.15) is 0 Å². The molecule has 8 heteroatoms. The number of carbonyl (C=O) groups is 1. The van der Waals surface area contributed by atoms with Crippen LogP contribution in [0.4, 0.5) is 5.69 Å². The second-order valence-corrected chi connectivity index (χ2v) is 9.08. The fourth-order valence-corrected chi connectivity index (χ4v) is 5.01. The van der Waals surface area contributed by atoms with Gasteiger partial charge in [-0.05, 0) is 30.0 Å². The SMILES string of the molecule is COc1cc2c(cc1OC)N(C)S(=O)(=O)C(C(=O)NC[C@H](C)c1ccccc1)=C2C. The Labute approximate surface area is 177 Å². The molecule has 0 bridgehead atoms. The number of ether oxygens (including phenoxy) is 2. The molecule has 1 aliphatic rings. The van der Waals surface area contributed by atoms with Gasteiger partial charge < -0.3 is 14.8 Å². The Bertz CT molecular complexity index is 1090. The molecule has 0 radical (unpaired) electrons. The van der Waals surface area contributed by atoms with Crippen molar-refractivity contribution in [3.8, 4) is 11.5 Å². The molecule has 1 atom stereocenters. The monoisotopic (exact) mass is 430 g/mol. The lowest BCUT2D eigenvalue weighted by Crippen LogP contribution is -2.40. The van der Waals surface area contributed by atoms with Crippen molar-refractivity contribution in [3.63, 3.8) is 0 Å². The Hall–Kier alpha value is -3.00. The minimum absolute atomic E-state index is 0.0386. The number of sulfonamides is 1. The number of hydrogen-bond acceptors (Lipinski definition) is 5. The van der Waals surface area contributed by atoms with Crippen molar-refractivity contribution in [3.05, 3.63) is 58.5 Å². The molecule has 7 nitrogen and oxygen atoms in total. The third-order valence-corrected chi connectivity index (χ3v) is 7.27.